The minimum absolute atomic E-state index is 0.150. The van der Waals surface area contributed by atoms with E-state index in [4.69, 9.17) is 0 Å². The van der Waals surface area contributed by atoms with E-state index in [-0.39, 0.29) is 12.2 Å². The van der Waals surface area contributed by atoms with Gasteiger partial charge in [-0.15, -0.1) is 0 Å². The smallest absolute Gasteiger partial charge is 0.250 e. The number of hydrogen-bond donors (Lipinski definition) is 4. The van der Waals surface area contributed by atoms with Crippen molar-refractivity contribution in [3.63, 3.8) is 0 Å². The van der Waals surface area contributed by atoms with Crippen LogP contribution in [0, 0.1) is 11.7 Å². The Kier molecular flexibility index (Phi) is 5.56. The van der Waals surface area contributed by atoms with Crippen molar-refractivity contribution >= 4 is 43.2 Å². The lowest BCUT2D eigenvalue weighted by molar-refractivity contribution is -0.119. The Labute approximate surface area is 158 Å². The summed E-state index contributed by atoms with van der Waals surface area (Å²) in [6, 6.07) is 11.9. The van der Waals surface area contributed by atoms with Crippen molar-refractivity contribution in [3.8, 4) is 0 Å². The maximum absolute atomic E-state index is 13.0. The molecule has 10 heteroatoms. The number of carbonyl (C=O) groups excluding carboxylic acids is 1. The number of nitrogens with one attached hydrogen (secondary N) is 4. The lowest BCUT2D eigenvalue weighted by atomic mass is 10.1. The molecule has 2 aromatic rings. The number of amides is 1. The van der Waals surface area contributed by atoms with Gasteiger partial charge in [-0.2, -0.15) is 0 Å². The minimum atomic E-state index is -3.93. The second-order valence-electron chi connectivity index (χ2n) is 5.70. The van der Waals surface area contributed by atoms with Crippen LogP contribution in [0.3, 0.4) is 0 Å². The highest BCUT2D eigenvalue weighted by atomic mass is 79.9. The van der Waals surface area contributed by atoms with Gasteiger partial charge in [0.15, 0.2) is 5.37 Å². The SMILES string of the molecule is O=C(Nc1ccc(Br)cc1)C1CNNC1S(=O)(=O)Nc1ccc(F)cc1. The van der Waals surface area contributed by atoms with E-state index < -0.39 is 33.0 Å². The lowest BCUT2D eigenvalue weighted by Crippen LogP contribution is -2.45. The minimum Gasteiger partial charge on any atom is -0.326 e. The van der Waals surface area contributed by atoms with Crippen LogP contribution in [0.25, 0.3) is 0 Å². The molecule has 2 atom stereocenters. The van der Waals surface area contributed by atoms with Crippen LogP contribution in [-0.2, 0) is 14.8 Å². The number of hydrazine groups is 1. The average molecular weight is 443 g/mol. The zero-order valence-electron chi connectivity index (χ0n) is 13.4. The first kappa shape index (κ1) is 18.8. The fourth-order valence-corrected chi connectivity index (χ4v) is 4.26. The first-order valence-corrected chi connectivity index (χ1v) is 10.0. The van der Waals surface area contributed by atoms with Crippen molar-refractivity contribution in [1.82, 2.24) is 10.9 Å². The van der Waals surface area contributed by atoms with Crippen LogP contribution >= 0.6 is 15.9 Å². The molecule has 1 aliphatic heterocycles. The number of carbonyl (C=O) groups is 1. The Morgan fingerprint density at radius 3 is 2.35 bits per heavy atom. The Morgan fingerprint density at radius 2 is 1.69 bits per heavy atom. The van der Waals surface area contributed by atoms with Gasteiger partial charge < -0.3 is 5.32 Å². The number of anilines is 2. The molecule has 7 nitrogen and oxygen atoms in total. The van der Waals surface area contributed by atoms with E-state index in [1.165, 1.54) is 12.1 Å². The van der Waals surface area contributed by atoms with Gasteiger partial charge in [-0.05, 0) is 48.5 Å². The molecule has 1 saturated heterocycles. The van der Waals surface area contributed by atoms with Crippen LogP contribution in [0.2, 0.25) is 0 Å². The maximum Gasteiger partial charge on any atom is 0.250 e. The van der Waals surface area contributed by atoms with E-state index in [9.17, 15) is 17.6 Å². The molecule has 26 heavy (non-hydrogen) atoms. The molecule has 1 heterocycles. The third-order valence-electron chi connectivity index (χ3n) is 3.82. The van der Waals surface area contributed by atoms with E-state index in [1.54, 1.807) is 24.3 Å². The third kappa shape index (κ3) is 4.39. The molecule has 0 spiro atoms. The van der Waals surface area contributed by atoms with E-state index in [1.807, 2.05) is 0 Å². The molecule has 0 radical (unpaired) electrons. The Bertz CT molecular complexity index is 891. The van der Waals surface area contributed by atoms with E-state index in [0.29, 0.717) is 5.69 Å². The standard InChI is InChI=1S/C16H16BrFN4O3S/c17-10-1-5-12(6-2-10)20-15(23)14-9-19-21-16(14)26(24,25)22-13-7-3-11(18)4-8-13/h1-8,14,16,19,21-22H,9H2,(H,20,23). The Morgan fingerprint density at radius 1 is 1.08 bits per heavy atom. The van der Waals surface area contributed by atoms with E-state index in [0.717, 1.165) is 16.6 Å². The van der Waals surface area contributed by atoms with Crippen LogP contribution in [0.4, 0.5) is 15.8 Å². The van der Waals surface area contributed by atoms with Gasteiger partial charge in [-0.3, -0.25) is 14.9 Å². The van der Waals surface area contributed by atoms with E-state index in [2.05, 4.69) is 36.8 Å². The van der Waals surface area contributed by atoms with Crippen molar-refractivity contribution in [2.24, 2.45) is 5.92 Å². The fraction of sp³-hybridized carbons (Fsp3) is 0.188. The number of rotatable bonds is 5. The Balaban J connectivity index is 1.72. The number of hydrogen-bond acceptors (Lipinski definition) is 5. The van der Waals surface area contributed by atoms with Crippen LogP contribution in [-0.4, -0.2) is 26.2 Å². The van der Waals surface area contributed by atoms with Gasteiger partial charge in [-0.1, -0.05) is 15.9 Å². The third-order valence-corrected chi connectivity index (χ3v) is 5.98. The number of sulfonamides is 1. The summed E-state index contributed by atoms with van der Waals surface area (Å²) in [5, 5.41) is 1.53. The van der Waals surface area contributed by atoms with Gasteiger partial charge in [-0.25, -0.2) is 18.2 Å². The number of halogens is 2. The normalized spacial score (nSPS) is 19.9. The van der Waals surface area contributed by atoms with Crippen molar-refractivity contribution in [1.29, 1.82) is 0 Å². The predicted octanol–water partition coefficient (Wildman–Crippen LogP) is 2.02. The van der Waals surface area contributed by atoms with Crippen LogP contribution < -0.4 is 20.9 Å². The predicted molar refractivity (Wildman–Crippen MR) is 100 cm³/mol. The summed E-state index contributed by atoms with van der Waals surface area (Å²) in [6.07, 6.45) is 0. The summed E-state index contributed by atoms with van der Waals surface area (Å²) >= 11 is 3.31. The largest absolute Gasteiger partial charge is 0.326 e. The molecule has 138 valence electrons. The highest BCUT2D eigenvalue weighted by Crippen LogP contribution is 2.21. The molecule has 0 aliphatic carbocycles. The van der Waals surface area contributed by atoms with Crippen molar-refractivity contribution < 1.29 is 17.6 Å². The molecule has 1 fully saturated rings. The highest BCUT2D eigenvalue weighted by molar-refractivity contribution is 9.10. The molecule has 0 bridgehead atoms. The Hall–Kier alpha value is -2.01. The highest BCUT2D eigenvalue weighted by Gasteiger charge is 2.41. The summed E-state index contributed by atoms with van der Waals surface area (Å²) in [5.74, 6) is -1.75. The molecule has 0 saturated carbocycles. The molecule has 1 aliphatic rings. The molecule has 1 amide bonds. The zero-order chi connectivity index (χ0) is 18.7. The molecule has 2 unspecified atom stereocenters. The average Bonchev–Trinajstić information content (AvgIpc) is 3.10. The summed E-state index contributed by atoms with van der Waals surface area (Å²) in [6.45, 7) is 0.150. The van der Waals surface area contributed by atoms with Crippen LogP contribution in [0.1, 0.15) is 0 Å². The molecule has 3 rings (SSSR count). The van der Waals surface area contributed by atoms with Gasteiger partial charge in [0.2, 0.25) is 5.91 Å². The summed E-state index contributed by atoms with van der Waals surface area (Å²) in [7, 11) is -3.93. The second kappa shape index (κ2) is 7.70. The first-order valence-electron chi connectivity index (χ1n) is 7.67. The quantitative estimate of drug-likeness (QED) is 0.567. The van der Waals surface area contributed by atoms with Crippen LogP contribution in [0.5, 0.6) is 0 Å². The maximum atomic E-state index is 13.0. The van der Waals surface area contributed by atoms with Crippen molar-refractivity contribution in [2.45, 2.75) is 5.37 Å². The summed E-state index contributed by atoms with van der Waals surface area (Å²) < 4.78 is 41.4. The zero-order valence-corrected chi connectivity index (χ0v) is 15.8. The van der Waals surface area contributed by atoms with Crippen LogP contribution in [0.15, 0.2) is 53.0 Å². The summed E-state index contributed by atoms with van der Waals surface area (Å²) in [4.78, 5) is 12.5. The fourth-order valence-electron chi connectivity index (χ4n) is 2.51. The van der Waals surface area contributed by atoms with Gasteiger partial charge in [0.05, 0.1) is 5.92 Å². The van der Waals surface area contributed by atoms with Gasteiger partial charge in [0.25, 0.3) is 10.0 Å². The molecule has 0 aromatic heterocycles. The molecule has 4 N–H and O–H groups in total. The second-order valence-corrected chi connectivity index (χ2v) is 8.42. The topological polar surface area (TPSA) is 99.3 Å². The molecular weight excluding hydrogens is 427 g/mol. The summed E-state index contributed by atoms with van der Waals surface area (Å²) in [5.41, 5.74) is 6.09. The van der Waals surface area contributed by atoms with Gasteiger partial charge in [0, 0.05) is 22.4 Å². The lowest BCUT2D eigenvalue weighted by Gasteiger charge is -2.19. The monoisotopic (exact) mass is 442 g/mol. The van der Waals surface area contributed by atoms with Gasteiger partial charge in [0.1, 0.15) is 5.82 Å². The van der Waals surface area contributed by atoms with Gasteiger partial charge >= 0.3 is 0 Å². The first-order chi connectivity index (χ1) is 12.3. The molecular formula is C16H16BrFN4O3S. The van der Waals surface area contributed by atoms with E-state index >= 15 is 0 Å². The van der Waals surface area contributed by atoms with Crippen molar-refractivity contribution in [3.05, 3.63) is 58.8 Å². The molecule has 2 aromatic carbocycles. The number of benzene rings is 2. The van der Waals surface area contributed by atoms with Crippen molar-refractivity contribution in [2.75, 3.05) is 16.6 Å².